The van der Waals surface area contributed by atoms with Gasteiger partial charge in [-0.3, -0.25) is 0 Å². The molecule has 0 bridgehead atoms. The van der Waals surface area contributed by atoms with Crippen molar-refractivity contribution in [1.82, 2.24) is 0 Å². The third-order valence-corrected chi connectivity index (χ3v) is 20.4. The van der Waals surface area contributed by atoms with Crippen molar-refractivity contribution >= 4 is 15.8 Å². The van der Waals surface area contributed by atoms with Gasteiger partial charge in [0.05, 0.1) is 0 Å². The van der Waals surface area contributed by atoms with Crippen LogP contribution in [0.15, 0.2) is 0 Å². The van der Waals surface area contributed by atoms with E-state index in [4.69, 9.17) is 0 Å². The third kappa shape index (κ3) is 9.43. The molecular formula is C36H66FeP2. The van der Waals surface area contributed by atoms with Crippen molar-refractivity contribution in [3.63, 3.8) is 0 Å². The first-order valence-electron chi connectivity index (χ1n) is 18.4. The zero-order valence-electron chi connectivity index (χ0n) is 26.1. The van der Waals surface area contributed by atoms with Crippen LogP contribution in [-0.2, 0) is 17.1 Å². The van der Waals surface area contributed by atoms with E-state index in [2.05, 4.69) is 6.92 Å². The molecule has 0 saturated heterocycles. The van der Waals surface area contributed by atoms with Crippen LogP contribution in [0.25, 0.3) is 0 Å². The van der Waals surface area contributed by atoms with Gasteiger partial charge in [0, 0.05) is 17.1 Å². The summed E-state index contributed by atoms with van der Waals surface area (Å²) in [6, 6.07) is 0. The molecule has 0 aromatic rings. The van der Waals surface area contributed by atoms with Gasteiger partial charge in [-0.1, -0.05) is 138 Å². The van der Waals surface area contributed by atoms with E-state index >= 15 is 0 Å². The molecule has 6 aliphatic carbocycles. The maximum absolute atomic E-state index is 2.85. The Morgan fingerprint density at radius 2 is 0.718 bits per heavy atom. The molecule has 0 N–H and O–H groups in total. The maximum atomic E-state index is 2.85. The molecular weight excluding hydrogens is 550 g/mol. The molecule has 0 nitrogen and oxygen atoms in total. The molecule has 0 aliphatic heterocycles. The zero-order chi connectivity index (χ0) is 26.0. The first-order chi connectivity index (χ1) is 18.8. The van der Waals surface area contributed by atoms with Gasteiger partial charge in [0.25, 0.3) is 0 Å². The summed E-state index contributed by atoms with van der Waals surface area (Å²) >= 11 is 0. The van der Waals surface area contributed by atoms with E-state index < -0.39 is 0 Å². The van der Waals surface area contributed by atoms with Crippen molar-refractivity contribution in [2.45, 2.75) is 221 Å². The fourth-order valence-corrected chi connectivity index (χ4v) is 20.0. The van der Waals surface area contributed by atoms with Gasteiger partial charge in [-0.15, -0.1) is 0 Å². The Morgan fingerprint density at radius 3 is 1.10 bits per heavy atom. The molecule has 0 amide bonds. The summed E-state index contributed by atoms with van der Waals surface area (Å²) in [5.41, 5.74) is 6.93. The Hall–Kier alpha value is 1.38. The minimum atomic E-state index is 0. The Morgan fingerprint density at radius 1 is 0.385 bits per heavy atom. The smallest absolute Gasteiger partial charge is 0 e. The molecule has 0 aromatic heterocycles. The number of hydrogen-bond donors (Lipinski definition) is 0. The second kappa shape index (κ2) is 18.2. The van der Waals surface area contributed by atoms with Gasteiger partial charge < -0.3 is 0 Å². The van der Waals surface area contributed by atoms with Gasteiger partial charge >= 0.3 is 0 Å². The summed E-state index contributed by atoms with van der Waals surface area (Å²) in [4.78, 5) is 0. The monoisotopic (exact) mass is 616 g/mol. The number of hydrogen-bond acceptors (Lipinski definition) is 0. The predicted octanol–water partition coefficient (Wildman–Crippen LogP) is 12.8. The molecule has 228 valence electrons. The molecule has 6 aliphatic rings. The molecule has 39 heavy (non-hydrogen) atoms. The van der Waals surface area contributed by atoms with Crippen molar-refractivity contribution in [3.05, 3.63) is 0 Å². The van der Waals surface area contributed by atoms with E-state index in [1.54, 1.807) is 148 Å². The van der Waals surface area contributed by atoms with Gasteiger partial charge in [0.15, 0.2) is 0 Å². The standard InChI is InChI=1S/C31H56P2.C5H10.Fe/c1-25(32(26-15-6-2-7-16-26)27-17-8-3-9-18-27)30-23-14-24-31(30)33(28-19-10-4-11-20-28)29-21-12-5-13-22-29;1-2-4-5-3-1;/h25-31H,2-24H2,1H3;1-5H2;/t25-,30?,31?;;/m0../s1. The van der Waals surface area contributed by atoms with Crippen LogP contribution in [-0.4, -0.2) is 34.0 Å². The van der Waals surface area contributed by atoms with Crippen LogP contribution in [0, 0.1) is 5.92 Å². The SMILES string of the molecule is C1CCCC1.C[C@@H](C1CCCC1P(C1CCCCC1)C1CCCCC1)P(C1CCCCC1)C1CCCCC1.[Fe]. The Kier molecular flexibility index (Phi) is 15.6. The van der Waals surface area contributed by atoms with E-state index in [0.29, 0.717) is 0 Å². The van der Waals surface area contributed by atoms with Crippen molar-refractivity contribution in [1.29, 1.82) is 0 Å². The maximum Gasteiger partial charge on any atom is 0 e. The number of rotatable bonds is 7. The van der Waals surface area contributed by atoms with E-state index in [-0.39, 0.29) is 32.9 Å². The summed E-state index contributed by atoms with van der Waals surface area (Å²) in [7, 11) is 0.536. The van der Waals surface area contributed by atoms with Crippen LogP contribution in [0.5, 0.6) is 0 Å². The topological polar surface area (TPSA) is 0 Å². The minimum Gasteiger partial charge on any atom is -0.0971 e. The molecule has 0 aromatic carbocycles. The Bertz CT molecular complexity index is 582. The second-order valence-corrected chi connectivity index (χ2v) is 20.9. The van der Waals surface area contributed by atoms with Gasteiger partial charge in [-0.05, 0) is 104 Å². The van der Waals surface area contributed by atoms with Crippen molar-refractivity contribution in [2.24, 2.45) is 5.92 Å². The summed E-state index contributed by atoms with van der Waals surface area (Å²) in [5.74, 6) is 1.13. The Balaban J connectivity index is 0.000000530. The fraction of sp³-hybridized carbons (Fsp3) is 1.00. The van der Waals surface area contributed by atoms with Gasteiger partial charge in [-0.2, -0.15) is 0 Å². The zero-order valence-corrected chi connectivity index (χ0v) is 29.0. The van der Waals surface area contributed by atoms with Crippen LogP contribution in [0.4, 0.5) is 0 Å². The van der Waals surface area contributed by atoms with Crippen LogP contribution >= 0.6 is 15.8 Å². The molecule has 0 radical (unpaired) electrons. The molecule has 6 fully saturated rings. The van der Waals surface area contributed by atoms with Gasteiger partial charge in [0.2, 0.25) is 0 Å². The van der Waals surface area contributed by atoms with Gasteiger partial charge in [-0.25, -0.2) is 0 Å². The summed E-state index contributed by atoms with van der Waals surface area (Å²) in [6.07, 6.45) is 44.0. The normalized spacial score (nSPS) is 31.2. The molecule has 0 spiro atoms. The van der Waals surface area contributed by atoms with E-state index in [0.717, 1.165) is 22.9 Å². The van der Waals surface area contributed by atoms with Crippen molar-refractivity contribution in [2.75, 3.05) is 0 Å². The van der Waals surface area contributed by atoms with E-state index in [1.165, 1.54) is 49.1 Å². The average molecular weight is 617 g/mol. The van der Waals surface area contributed by atoms with Crippen LogP contribution in [0.2, 0.25) is 0 Å². The van der Waals surface area contributed by atoms with Gasteiger partial charge in [0.1, 0.15) is 0 Å². The summed E-state index contributed by atoms with van der Waals surface area (Å²) < 4.78 is 0. The first kappa shape index (κ1) is 33.3. The van der Waals surface area contributed by atoms with Crippen LogP contribution in [0.3, 0.4) is 0 Å². The van der Waals surface area contributed by atoms with Crippen molar-refractivity contribution < 1.29 is 17.1 Å². The summed E-state index contributed by atoms with van der Waals surface area (Å²) in [6.45, 7) is 2.85. The van der Waals surface area contributed by atoms with E-state index in [1.807, 2.05) is 0 Å². The average Bonchev–Trinajstić information content (AvgIpc) is 3.72. The third-order valence-electron chi connectivity index (χ3n) is 12.2. The molecule has 3 atom stereocenters. The summed E-state index contributed by atoms with van der Waals surface area (Å²) in [5, 5.41) is 0. The molecule has 6 rings (SSSR count). The van der Waals surface area contributed by atoms with E-state index in [9.17, 15) is 0 Å². The first-order valence-corrected chi connectivity index (χ1v) is 21.5. The van der Waals surface area contributed by atoms with Crippen LogP contribution < -0.4 is 0 Å². The minimum absolute atomic E-state index is 0. The molecule has 3 heteroatoms. The van der Waals surface area contributed by atoms with Crippen molar-refractivity contribution in [3.8, 4) is 0 Å². The second-order valence-electron chi connectivity index (χ2n) is 14.7. The molecule has 2 unspecified atom stereocenters. The quantitative estimate of drug-likeness (QED) is 0.197. The molecule has 0 heterocycles. The fourth-order valence-electron chi connectivity index (χ4n) is 10.3. The predicted molar refractivity (Wildman–Crippen MR) is 175 cm³/mol. The molecule has 6 saturated carbocycles. The Labute approximate surface area is 258 Å². The largest absolute Gasteiger partial charge is 0.0971 e. The van der Waals surface area contributed by atoms with Crippen LogP contribution in [0.1, 0.15) is 187 Å².